The van der Waals surface area contributed by atoms with E-state index in [2.05, 4.69) is 30.7 Å². The molecule has 0 saturated carbocycles. The molecule has 0 unspecified atom stereocenters. The number of morpholine rings is 2. The number of alkyl halides is 1. The molecule has 4 aromatic carbocycles. The zero-order chi connectivity index (χ0) is 43.1. The Balaban J connectivity index is 0.000000216. The Bertz CT molecular complexity index is 2100. The Morgan fingerprint density at radius 3 is 1.61 bits per heavy atom. The highest BCUT2D eigenvalue weighted by Crippen LogP contribution is 2.26. The Labute approximate surface area is 343 Å². The Morgan fingerprint density at radius 2 is 1.14 bits per heavy atom. The lowest BCUT2D eigenvalue weighted by Gasteiger charge is -2.33. The molecule has 2 aliphatic rings. The first-order valence-electron chi connectivity index (χ1n) is 17.7. The van der Waals surface area contributed by atoms with Gasteiger partial charge in [0.15, 0.2) is 0 Å². The third kappa shape index (κ3) is 13.2. The number of carbonyl (C=O) groups excluding carboxylic acids is 4. The quantitative estimate of drug-likeness (QED) is 0.114. The van der Waals surface area contributed by atoms with E-state index in [-0.39, 0.29) is 34.6 Å². The minimum absolute atomic E-state index is 0.00719. The van der Waals surface area contributed by atoms with Crippen LogP contribution in [0.25, 0.3) is 0 Å². The summed E-state index contributed by atoms with van der Waals surface area (Å²) in [6, 6.07) is 12.8. The monoisotopic (exact) mass is 896 g/mol. The Morgan fingerprint density at radius 1 is 0.644 bits per heavy atom. The van der Waals surface area contributed by atoms with Crippen LogP contribution in [0.3, 0.4) is 0 Å². The molecule has 0 spiro atoms. The van der Waals surface area contributed by atoms with Crippen LogP contribution in [-0.2, 0) is 30.8 Å². The molecular formula is C40H39BrF6N4O8. The fourth-order valence-corrected chi connectivity index (χ4v) is 5.88. The number of nitrogens with one attached hydrogen (secondary N) is 1. The first kappa shape index (κ1) is 46.0. The second-order valence-electron chi connectivity index (χ2n) is 12.4. The topological polar surface area (TPSA) is 127 Å². The number of nitrogens with zero attached hydrogens (tertiary/aromatic N) is 3. The van der Waals surface area contributed by atoms with Gasteiger partial charge in [0.25, 0.3) is 0 Å². The van der Waals surface area contributed by atoms with Crippen molar-refractivity contribution < 1.29 is 64.5 Å². The minimum atomic E-state index is -0.946. The summed E-state index contributed by atoms with van der Waals surface area (Å²) in [6.45, 7) is 2.80. The maximum Gasteiger partial charge on any atom is 0.337 e. The number of rotatable bonds is 7. The second-order valence-corrected chi connectivity index (χ2v) is 13.0. The number of halogens is 7. The number of carbonyl (C=O) groups is 4. The molecule has 4 amide bonds. The van der Waals surface area contributed by atoms with Gasteiger partial charge in [0, 0.05) is 49.2 Å². The summed E-state index contributed by atoms with van der Waals surface area (Å²) in [5, 5.41) is 2.83. The van der Waals surface area contributed by atoms with Gasteiger partial charge in [0.05, 0.1) is 69.7 Å². The van der Waals surface area contributed by atoms with E-state index in [0.29, 0.717) is 69.6 Å². The third-order valence-electron chi connectivity index (χ3n) is 8.60. The van der Waals surface area contributed by atoms with Gasteiger partial charge in [-0.15, -0.1) is 0 Å². The largest absolute Gasteiger partial charge is 0.465 e. The molecule has 59 heavy (non-hydrogen) atoms. The summed E-state index contributed by atoms with van der Waals surface area (Å²) in [7, 11) is 2.44. The number of esters is 2. The molecule has 12 nitrogen and oxygen atoms in total. The summed E-state index contributed by atoms with van der Waals surface area (Å²) in [5.74, 6) is -5.59. The first-order valence-corrected chi connectivity index (χ1v) is 18.9. The van der Waals surface area contributed by atoms with E-state index in [1.165, 1.54) is 54.4 Å². The molecule has 0 radical (unpaired) electrons. The highest BCUT2D eigenvalue weighted by molar-refractivity contribution is 9.08. The average Bonchev–Trinajstić information content (AvgIpc) is 3.24. The molecule has 19 heteroatoms. The van der Waals surface area contributed by atoms with Crippen LogP contribution in [0.5, 0.6) is 0 Å². The van der Waals surface area contributed by atoms with Gasteiger partial charge in [-0.2, -0.15) is 0 Å². The molecule has 0 aliphatic carbocycles. The number of urea groups is 2. The zero-order valence-electron chi connectivity index (χ0n) is 31.8. The second kappa shape index (κ2) is 22.5. The van der Waals surface area contributed by atoms with Crippen molar-refractivity contribution in [3.8, 4) is 0 Å². The van der Waals surface area contributed by atoms with Crippen molar-refractivity contribution in [1.82, 2.24) is 9.80 Å². The molecule has 0 atom stereocenters. The fourth-order valence-electron chi connectivity index (χ4n) is 5.42. The van der Waals surface area contributed by atoms with Gasteiger partial charge in [-0.3, -0.25) is 4.90 Å². The zero-order valence-corrected chi connectivity index (χ0v) is 33.3. The summed E-state index contributed by atoms with van der Waals surface area (Å²) >= 11 is 3.13. The predicted molar refractivity (Wildman–Crippen MR) is 206 cm³/mol. The van der Waals surface area contributed by atoms with E-state index in [9.17, 15) is 45.5 Å². The van der Waals surface area contributed by atoms with E-state index >= 15 is 0 Å². The number of benzene rings is 4. The fraction of sp³-hybridized carbons (Fsp3) is 0.300. The van der Waals surface area contributed by atoms with E-state index in [4.69, 9.17) is 9.47 Å². The summed E-state index contributed by atoms with van der Waals surface area (Å²) in [6.07, 6.45) is 0. The maximum absolute atomic E-state index is 14.6. The SMILES string of the molecule is COC(=O)c1ccc(CBr)c(F)c1.COC(=O)c1ccc(CN(C(=O)N2CCOCC2)c2ccc(F)cc2F)c(F)c1.O=C(Nc1ccc(F)cc1F)N1CCOCC1. The van der Waals surface area contributed by atoms with Crippen molar-refractivity contribution in [3.63, 3.8) is 0 Å². The number of amides is 4. The van der Waals surface area contributed by atoms with E-state index < -0.39 is 58.9 Å². The van der Waals surface area contributed by atoms with Crippen molar-refractivity contribution in [1.29, 1.82) is 0 Å². The number of methoxy groups -OCH3 is 2. The van der Waals surface area contributed by atoms with Crippen LogP contribution in [0.15, 0.2) is 72.8 Å². The van der Waals surface area contributed by atoms with Gasteiger partial charge in [0.1, 0.15) is 34.9 Å². The van der Waals surface area contributed by atoms with Crippen LogP contribution in [0.2, 0.25) is 0 Å². The smallest absolute Gasteiger partial charge is 0.337 e. The van der Waals surface area contributed by atoms with E-state index in [0.717, 1.165) is 35.2 Å². The van der Waals surface area contributed by atoms with Gasteiger partial charge in [0.2, 0.25) is 0 Å². The van der Waals surface area contributed by atoms with Crippen molar-refractivity contribution in [2.24, 2.45) is 0 Å². The number of hydrogen-bond donors (Lipinski definition) is 1. The van der Waals surface area contributed by atoms with Crippen molar-refractivity contribution in [3.05, 3.63) is 130 Å². The van der Waals surface area contributed by atoms with Gasteiger partial charge < -0.3 is 34.1 Å². The molecule has 2 heterocycles. The number of anilines is 2. The molecule has 2 fully saturated rings. The van der Waals surface area contributed by atoms with Crippen LogP contribution >= 0.6 is 15.9 Å². The predicted octanol–water partition coefficient (Wildman–Crippen LogP) is 7.69. The molecule has 6 rings (SSSR count). The molecule has 2 aliphatic heterocycles. The van der Waals surface area contributed by atoms with Crippen LogP contribution in [-0.4, -0.2) is 101 Å². The Kier molecular flexibility index (Phi) is 17.5. The normalized spacial score (nSPS) is 13.5. The van der Waals surface area contributed by atoms with Gasteiger partial charge in [-0.1, -0.05) is 28.1 Å². The van der Waals surface area contributed by atoms with Gasteiger partial charge in [-0.05, 0) is 54.1 Å². The van der Waals surface area contributed by atoms with Crippen LogP contribution in [0.4, 0.5) is 47.3 Å². The minimum Gasteiger partial charge on any atom is -0.465 e. The molecule has 316 valence electrons. The molecule has 0 bridgehead atoms. The number of ether oxygens (including phenoxy) is 4. The number of hydrogen-bond acceptors (Lipinski definition) is 8. The van der Waals surface area contributed by atoms with Crippen molar-refractivity contribution in [2.45, 2.75) is 11.9 Å². The highest BCUT2D eigenvalue weighted by Gasteiger charge is 2.28. The molecule has 2 saturated heterocycles. The van der Waals surface area contributed by atoms with Crippen LogP contribution in [0.1, 0.15) is 31.8 Å². The lowest BCUT2D eigenvalue weighted by Crippen LogP contribution is -2.48. The van der Waals surface area contributed by atoms with Crippen LogP contribution in [0, 0.1) is 34.9 Å². The van der Waals surface area contributed by atoms with Crippen LogP contribution < -0.4 is 10.2 Å². The molecule has 1 N–H and O–H groups in total. The van der Waals surface area contributed by atoms with E-state index in [1.807, 2.05) is 0 Å². The van der Waals surface area contributed by atoms with Gasteiger partial charge in [-0.25, -0.2) is 45.5 Å². The summed E-state index contributed by atoms with van der Waals surface area (Å²) < 4.78 is 101. The molecule has 4 aromatic rings. The lowest BCUT2D eigenvalue weighted by molar-refractivity contribution is 0.0547. The molecule has 0 aromatic heterocycles. The Hall–Kier alpha value is -5.66. The maximum atomic E-state index is 14.6. The van der Waals surface area contributed by atoms with Crippen molar-refractivity contribution >= 4 is 51.3 Å². The standard InChI is InChI=1S/C20H19F3N2O4.C11H12F2N2O2.C9H8BrFO2/c1-28-19(26)13-2-3-14(16(22)10-13)12-25(18-5-4-15(21)11-17(18)23)20(27)24-6-8-29-9-7-24;12-8-1-2-10(9(13)7-8)14-11(16)15-3-5-17-6-4-15;1-13-9(12)6-2-3-7(5-10)8(11)4-6/h2-5,10-11H,6-9,12H2,1H3;1-2,7H,3-6H2,(H,14,16);2-4H,5H2,1H3. The van der Waals surface area contributed by atoms with Gasteiger partial charge >= 0.3 is 24.0 Å². The molecular weight excluding hydrogens is 858 g/mol. The van der Waals surface area contributed by atoms with E-state index in [1.54, 1.807) is 6.07 Å². The van der Waals surface area contributed by atoms with Crippen molar-refractivity contribution in [2.75, 3.05) is 77.0 Å². The summed E-state index contributed by atoms with van der Waals surface area (Å²) in [5.41, 5.74) is 0.607. The highest BCUT2D eigenvalue weighted by atomic mass is 79.9. The third-order valence-corrected chi connectivity index (χ3v) is 9.21. The first-order chi connectivity index (χ1) is 28.3. The average molecular weight is 898 g/mol. The summed E-state index contributed by atoms with van der Waals surface area (Å²) in [4.78, 5) is 51.2. The lowest BCUT2D eigenvalue weighted by atomic mass is 10.1.